The van der Waals surface area contributed by atoms with Gasteiger partial charge < -0.3 is 14.3 Å². The Morgan fingerprint density at radius 1 is 1.35 bits per heavy atom. The molecule has 1 aliphatic rings. The van der Waals surface area contributed by atoms with Crippen LogP contribution in [0, 0.1) is 0 Å². The molecule has 0 amide bonds. The van der Waals surface area contributed by atoms with Crippen molar-refractivity contribution >= 4 is 22.7 Å². The van der Waals surface area contributed by atoms with Gasteiger partial charge in [-0.05, 0) is 30.5 Å². The lowest BCUT2D eigenvalue weighted by atomic mass is 10.1. The van der Waals surface area contributed by atoms with E-state index in [1.807, 2.05) is 0 Å². The molecule has 2 N–H and O–H groups in total. The highest BCUT2D eigenvalue weighted by Gasteiger charge is 2.20. The number of nitrogens with one attached hydrogen (secondary N) is 1. The SMILES string of the molecule is O=c1cc(CSc2n[nH]c(=O)n2C[C@H]2CCCO2)c2ccc(O)cc2o1. The van der Waals surface area contributed by atoms with Crippen LogP contribution in [0.2, 0.25) is 0 Å². The Bertz CT molecular complexity index is 1050. The number of hydrogen-bond acceptors (Lipinski definition) is 7. The van der Waals surface area contributed by atoms with Gasteiger partial charge in [-0.3, -0.25) is 4.57 Å². The minimum atomic E-state index is -0.488. The third-order valence-electron chi connectivity index (χ3n) is 4.30. The van der Waals surface area contributed by atoms with E-state index in [0.717, 1.165) is 30.4 Å². The van der Waals surface area contributed by atoms with Gasteiger partial charge in [-0.2, -0.15) is 0 Å². The summed E-state index contributed by atoms with van der Waals surface area (Å²) < 4.78 is 12.3. The van der Waals surface area contributed by atoms with Crippen molar-refractivity contribution in [3.8, 4) is 5.75 Å². The number of hydrogen-bond donors (Lipinski definition) is 2. The smallest absolute Gasteiger partial charge is 0.344 e. The third-order valence-corrected chi connectivity index (χ3v) is 5.33. The fourth-order valence-electron chi connectivity index (χ4n) is 3.05. The molecule has 1 fully saturated rings. The zero-order valence-electron chi connectivity index (χ0n) is 13.8. The zero-order chi connectivity index (χ0) is 18.1. The summed E-state index contributed by atoms with van der Waals surface area (Å²) in [5, 5.41) is 17.4. The molecule has 0 unspecified atom stereocenters. The van der Waals surface area contributed by atoms with Gasteiger partial charge in [-0.15, -0.1) is 5.10 Å². The van der Waals surface area contributed by atoms with E-state index in [0.29, 0.717) is 23.0 Å². The molecule has 4 rings (SSSR count). The summed E-state index contributed by atoms with van der Waals surface area (Å²) >= 11 is 1.35. The Morgan fingerprint density at radius 3 is 3.04 bits per heavy atom. The normalized spacial score (nSPS) is 17.2. The van der Waals surface area contributed by atoms with Gasteiger partial charge in [0.1, 0.15) is 11.3 Å². The summed E-state index contributed by atoms with van der Waals surface area (Å²) in [5.74, 6) is 0.464. The van der Waals surface area contributed by atoms with Gasteiger partial charge in [-0.1, -0.05) is 11.8 Å². The zero-order valence-corrected chi connectivity index (χ0v) is 14.6. The van der Waals surface area contributed by atoms with E-state index < -0.39 is 5.63 Å². The summed E-state index contributed by atoms with van der Waals surface area (Å²) in [6.45, 7) is 1.18. The van der Waals surface area contributed by atoms with Crippen molar-refractivity contribution in [3.05, 3.63) is 50.7 Å². The van der Waals surface area contributed by atoms with E-state index in [1.54, 1.807) is 16.7 Å². The summed E-state index contributed by atoms with van der Waals surface area (Å²) in [6, 6.07) is 6.07. The summed E-state index contributed by atoms with van der Waals surface area (Å²) in [5.41, 5.74) is 0.315. The van der Waals surface area contributed by atoms with Crippen LogP contribution in [0.5, 0.6) is 5.75 Å². The van der Waals surface area contributed by atoms with Crippen LogP contribution in [0.1, 0.15) is 18.4 Å². The third kappa shape index (κ3) is 3.40. The number of thioether (sulfide) groups is 1. The molecule has 1 saturated heterocycles. The van der Waals surface area contributed by atoms with Gasteiger partial charge in [0.15, 0.2) is 5.16 Å². The maximum atomic E-state index is 12.0. The molecule has 9 heteroatoms. The van der Waals surface area contributed by atoms with Gasteiger partial charge in [0, 0.05) is 29.9 Å². The number of fused-ring (bicyclic) bond motifs is 1. The maximum absolute atomic E-state index is 12.0. The van der Waals surface area contributed by atoms with E-state index in [4.69, 9.17) is 9.15 Å². The number of aromatic hydroxyl groups is 1. The Hall–Kier alpha value is -2.52. The molecule has 1 aromatic carbocycles. The van der Waals surface area contributed by atoms with E-state index in [2.05, 4.69) is 10.2 Å². The number of rotatable bonds is 5. The number of ether oxygens (including phenoxy) is 1. The predicted octanol–water partition coefficient (Wildman–Crippen LogP) is 1.85. The second-order valence-corrected chi connectivity index (χ2v) is 7.06. The molecule has 2 aromatic heterocycles. The standard InChI is InChI=1S/C17H17N3O5S/c21-11-3-4-13-10(6-15(22)25-14(13)7-11)9-26-17-19-18-16(23)20(17)8-12-2-1-5-24-12/h3-4,6-7,12,21H,1-2,5,8-9H2,(H,18,23)/t12-/m1/s1. The molecule has 0 bridgehead atoms. The number of benzene rings is 1. The molecule has 0 spiro atoms. The number of aromatic nitrogens is 3. The van der Waals surface area contributed by atoms with Crippen LogP contribution in [0.4, 0.5) is 0 Å². The molecule has 26 heavy (non-hydrogen) atoms. The number of nitrogens with zero attached hydrogens (tertiary/aromatic N) is 2. The van der Waals surface area contributed by atoms with Crippen LogP contribution in [0.25, 0.3) is 11.0 Å². The maximum Gasteiger partial charge on any atom is 0.344 e. The van der Waals surface area contributed by atoms with E-state index in [-0.39, 0.29) is 17.5 Å². The number of H-pyrrole nitrogens is 1. The monoisotopic (exact) mass is 375 g/mol. The van der Waals surface area contributed by atoms with Crippen LogP contribution in [-0.4, -0.2) is 32.6 Å². The predicted molar refractivity (Wildman–Crippen MR) is 95.5 cm³/mol. The van der Waals surface area contributed by atoms with E-state index >= 15 is 0 Å². The van der Waals surface area contributed by atoms with Crippen molar-refractivity contribution < 1.29 is 14.3 Å². The Morgan fingerprint density at radius 2 is 2.23 bits per heavy atom. The van der Waals surface area contributed by atoms with Gasteiger partial charge in [0.25, 0.3) is 0 Å². The fourth-order valence-corrected chi connectivity index (χ4v) is 3.99. The van der Waals surface area contributed by atoms with Gasteiger partial charge in [-0.25, -0.2) is 14.7 Å². The van der Waals surface area contributed by atoms with Crippen molar-refractivity contribution in [2.24, 2.45) is 0 Å². The van der Waals surface area contributed by atoms with Crippen LogP contribution in [0.3, 0.4) is 0 Å². The topological polar surface area (TPSA) is 110 Å². The molecule has 3 aromatic rings. The minimum absolute atomic E-state index is 0.0252. The second-order valence-electron chi connectivity index (χ2n) is 6.12. The Labute approximate surface area is 151 Å². The lowest BCUT2D eigenvalue weighted by Gasteiger charge is -2.11. The Kier molecular flexibility index (Phi) is 4.56. The lowest BCUT2D eigenvalue weighted by Crippen LogP contribution is -2.24. The molecular formula is C17H17N3O5S. The van der Waals surface area contributed by atoms with Crippen molar-refractivity contribution in [1.29, 1.82) is 0 Å². The quantitative estimate of drug-likeness (QED) is 0.517. The van der Waals surface area contributed by atoms with Crippen LogP contribution in [0.15, 0.2) is 43.4 Å². The Balaban J connectivity index is 1.59. The first-order chi connectivity index (χ1) is 12.6. The first-order valence-electron chi connectivity index (χ1n) is 8.25. The van der Waals surface area contributed by atoms with Crippen molar-refractivity contribution in [1.82, 2.24) is 14.8 Å². The first-order valence-corrected chi connectivity index (χ1v) is 9.24. The van der Waals surface area contributed by atoms with E-state index in [9.17, 15) is 14.7 Å². The second kappa shape index (κ2) is 7.00. The number of phenolic OH excluding ortho intramolecular Hbond substituents is 1. The van der Waals surface area contributed by atoms with Gasteiger partial charge in [0.05, 0.1) is 12.6 Å². The fraction of sp³-hybridized carbons (Fsp3) is 0.353. The molecule has 0 aliphatic carbocycles. The van der Waals surface area contributed by atoms with Crippen LogP contribution < -0.4 is 11.3 Å². The molecule has 1 atom stereocenters. The summed E-state index contributed by atoms with van der Waals surface area (Å²) in [4.78, 5) is 23.8. The van der Waals surface area contributed by atoms with Gasteiger partial charge in [0.2, 0.25) is 0 Å². The van der Waals surface area contributed by atoms with Gasteiger partial charge >= 0.3 is 11.3 Å². The lowest BCUT2D eigenvalue weighted by molar-refractivity contribution is 0.0941. The molecule has 136 valence electrons. The molecule has 0 saturated carbocycles. The highest BCUT2D eigenvalue weighted by molar-refractivity contribution is 7.98. The molecule has 8 nitrogen and oxygen atoms in total. The molecular weight excluding hydrogens is 358 g/mol. The highest BCUT2D eigenvalue weighted by atomic mass is 32.2. The number of aromatic amines is 1. The van der Waals surface area contributed by atoms with Crippen LogP contribution >= 0.6 is 11.8 Å². The summed E-state index contributed by atoms with van der Waals surface area (Å²) in [6.07, 6.45) is 1.95. The minimum Gasteiger partial charge on any atom is -0.508 e. The van der Waals surface area contributed by atoms with E-state index in [1.165, 1.54) is 23.9 Å². The van der Waals surface area contributed by atoms with Crippen LogP contribution in [-0.2, 0) is 17.0 Å². The highest BCUT2D eigenvalue weighted by Crippen LogP contribution is 2.27. The molecule has 0 radical (unpaired) electrons. The largest absolute Gasteiger partial charge is 0.508 e. The summed E-state index contributed by atoms with van der Waals surface area (Å²) in [7, 11) is 0. The van der Waals surface area contributed by atoms with Crippen molar-refractivity contribution in [2.45, 2.75) is 36.4 Å². The average molecular weight is 375 g/mol. The average Bonchev–Trinajstić information content (AvgIpc) is 3.24. The first kappa shape index (κ1) is 16.9. The molecule has 1 aliphatic heterocycles. The number of phenols is 1. The van der Waals surface area contributed by atoms with Crippen molar-refractivity contribution in [3.63, 3.8) is 0 Å². The van der Waals surface area contributed by atoms with Crippen molar-refractivity contribution in [2.75, 3.05) is 6.61 Å². The molecule has 3 heterocycles.